The molecule has 0 unspecified atom stereocenters. The molecule has 3 heterocycles. The van der Waals surface area contributed by atoms with E-state index < -0.39 is 0 Å². The minimum Gasteiger partial charge on any atom is -0.338 e. The zero-order chi connectivity index (χ0) is 20.1. The SMILES string of the molecule is CN1C[C@H]2CN(C(=O)c3cc4c([nH]c3=O)CCCC4)C[C@H]2[C@@H]1c1cccc(F)c1.Cl.Cl. The van der Waals surface area contributed by atoms with Crippen molar-refractivity contribution >= 4 is 30.7 Å². The quantitative estimate of drug-likeness (QED) is 0.733. The lowest BCUT2D eigenvalue weighted by Gasteiger charge is -2.27. The van der Waals surface area contributed by atoms with Gasteiger partial charge in [0.1, 0.15) is 11.4 Å². The Bertz CT molecular complexity index is 1030. The number of carbonyl (C=O) groups excluding carboxylic acids is 1. The van der Waals surface area contributed by atoms with Crippen molar-refractivity contribution in [1.82, 2.24) is 14.8 Å². The summed E-state index contributed by atoms with van der Waals surface area (Å²) in [7, 11) is 2.06. The lowest BCUT2D eigenvalue weighted by atomic mass is 9.89. The summed E-state index contributed by atoms with van der Waals surface area (Å²) < 4.78 is 13.8. The van der Waals surface area contributed by atoms with Crippen LogP contribution in [-0.2, 0) is 12.8 Å². The lowest BCUT2D eigenvalue weighted by molar-refractivity contribution is 0.0765. The van der Waals surface area contributed by atoms with Gasteiger partial charge in [-0.05, 0) is 68.0 Å². The van der Waals surface area contributed by atoms with Crippen molar-refractivity contribution in [2.45, 2.75) is 31.7 Å². The molecule has 8 heteroatoms. The lowest BCUT2D eigenvalue weighted by Crippen LogP contribution is -2.36. The molecule has 31 heavy (non-hydrogen) atoms. The highest BCUT2D eigenvalue weighted by Crippen LogP contribution is 2.44. The summed E-state index contributed by atoms with van der Waals surface area (Å²) in [5.41, 5.74) is 3.05. The molecule has 1 aliphatic carbocycles. The summed E-state index contributed by atoms with van der Waals surface area (Å²) in [6, 6.07) is 8.68. The van der Waals surface area contributed by atoms with Crippen molar-refractivity contribution in [2.24, 2.45) is 11.8 Å². The smallest absolute Gasteiger partial charge is 0.261 e. The molecule has 5 nitrogen and oxygen atoms in total. The number of hydrogen-bond donors (Lipinski definition) is 1. The number of carbonyl (C=O) groups is 1. The Labute approximate surface area is 193 Å². The minimum atomic E-state index is -0.272. The van der Waals surface area contributed by atoms with E-state index in [-0.39, 0.29) is 59.6 Å². The maximum Gasteiger partial charge on any atom is 0.261 e. The molecule has 1 N–H and O–H groups in total. The number of aromatic nitrogens is 1. The van der Waals surface area contributed by atoms with Crippen molar-refractivity contribution < 1.29 is 9.18 Å². The van der Waals surface area contributed by atoms with E-state index in [2.05, 4.69) is 16.9 Å². The maximum absolute atomic E-state index is 13.8. The van der Waals surface area contributed by atoms with E-state index >= 15 is 0 Å². The molecular formula is C23H28Cl2FN3O2. The molecule has 0 bridgehead atoms. The van der Waals surface area contributed by atoms with E-state index in [9.17, 15) is 14.0 Å². The van der Waals surface area contributed by atoms with Crippen LogP contribution in [0.2, 0.25) is 0 Å². The van der Waals surface area contributed by atoms with Gasteiger partial charge >= 0.3 is 0 Å². The second kappa shape index (κ2) is 9.31. The third kappa shape index (κ3) is 4.26. The van der Waals surface area contributed by atoms with Crippen LogP contribution in [-0.4, -0.2) is 47.4 Å². The van der Waals surface area contributed by atoms with Crippen LogP contribution >= 0.6 is 24.8 Å². The summed E-state index contributed by atoms with van der Waals surface area (Å²) in [6.07, 6.45) is 3.99. The summed E-state index contributed by atoms with van der Waals surface area (Å²) in [6.45, 7) is 2.12. The number of H-pyrrole nitrogens is 1. The van der Waals surface area contributed by atoms with Crippen LogP contribution in [0.4, 0.5) is 4.39 Å². The molecule has 5 rings (SSSR count). The number of rotatable bonds is 2. The van der Waals surface area contributed by atoms with E-state index in [1.165, 1.54) is 6.07 Å². The number of fused-ring (bicyclic) bond motifs is 2. The van der Waals surface area contributed by atoms with Crippen molar-refractivity contribution in [1.29, 1.82) is 0 Å². The van der Waals surface area contributed by atoms with Gasteiger partial charge in [0.05, 0.1) is 0 Å². The predicted octanol–water partition coefficient (Wildman–Crippen LogP) is 3.61. The Morgan fingerprint density at radius 3 is 2.65 bits per heavy atom. The average molecular weight is 468 g/mol. The summed E-state index contributed by atoms with van der Waals surface area (Å²) >= 11 is 0. The minimum absolute atomic E-state index is 0. The number of nitrogens with zero attached hydrogens (tertiary/aromatic N) is 2. The van der Waals surface area contributed by atoms with Gasteiger partial charge in [0, 0.05) is 37.3 Å². The molecule has 1 aromatic heterocycles. The molecule has 2 aliphatic heterocycles. The Kier molecular flexibility index (Phi) is 7.14. The first-order valence-electron chi connectivity index (χ1n) is 10.5. The van der Waals surface area contributed by atoms with Gasteiger partial charge in [-0.3, -0.25) is 14.5 Å². The van der Waals surface area contributed by atoms with E-state index in [0.29, 0.717) is 19.0 Å². The number of likely N-dealkylation sites (tertiary alicyclic amines) is 2. The van der Waals surface area contributed by atoms with Crippen LogP contribution in [0, 0.1) is 17.7 Å². The average Bonchev–Trinajstić information content (AvgIpc) is 3.23. The van der Waals surface area contributed by atoms with Crippen molar-refractivity contribution in [3.63, 3.8) is 0 Å². The van der Waals surface area contributed by atoms with Gasteiger partial charge in [-0.2, -0.15) is 0 Å². The van der Waals surface area contributed by atoms with Gasteiger partial charge in [0.2, 0.25) is 0 Å². The van der Waals surface area contributed by atoms with Crippen LogP contribution in [0.5, 0.6) is 0 Å². The molecule has 3 atom stereocenters. The molecule has 3 aliphatic rings. The molecule has 1 amide bonds. The summed E-state index contributed by atoms with van der Waals surface area (Å²) in [5.74, 6) is 0.192. The highest BCUT2D eigenvalue weighted by Gasteiger charge is 2.47. The first-order chi connectivity index (χ1) is 14.0. The van der Waals surface area contributed by atoms with Crippen LogP contribution < -0.4 is 5.56 Å². The number of aromatic amines is 1. The largest absolute Gasteiger partial charge is 0.338 e. The van der Waals surface area contributed by atoms with Crippen LogP contribution in [0.1, 0.15) is 46.1 Å². The standard InChI is InChI=1S/C23H26FN3O2.2ClH/c1-26-11-16-12-27(13-19(16)21(26)15-6-4-7-17(24)9-15)23(29)18-10-14-5-2-3-8-20(14)25-22(18)28;;/h4,6-7,9-10,16,19,21H,2-3,5,8,11-13H2,1H3,(H,25,28);2*1H/t16-,19+,21-;;/m0../s1. The number of pyridine rings is 1. The van der Waals surface area contributed by atoms with E-state index in [0.717, 1.165) is 49.0 Å². The zero-order valence-electron chi connectivity index (χ0n) is 17.5. The fraction of sp³-hybridized carbons (Fsp3) is 0.478. The number of nitrogens with one attached hydrogen (secondary N) is 1. The first kappa shape index (κ1) is 23.8. The second-order valence-electron chi connectivity index (χ2n) is 8.80. The number of hydrogen-bond acceptors (Lipinski definition) is 3. The molecule has 2 fully saturated rings. The maximum atomic E-state index is 13.8. The van der Waals surface area contributed by atoms with E-state index in [1.807, 2.05) is 17.0 Å². The van der Waals surface area contributed by atoms with Crippen LogP contribution in [0.3, 0.4) is 0 Å². The summed E-state index contributed by atoms with van der Waals surface area (Å²) in [4.78, 5) is 32.8. The Morgan fingerprint density at radius 2 is 1.87 bits per heavy atom. The van der Waals surface area contributed by atoms with Crippen molar-refractivity contribution in [3.05, 3.63) is 68.9 Å². The molecule has 168 valence electrons. The molecular weight excluding hydrogens is 440 g/mol. The van der Waals surface area contributed by atoms with Crippen molar-refractivity contribution in [3.8, 4) is 0 Å². The Morgan fingerprint density at radius 1 is 1.10 bits per heavy atom. The van der Waals surface area contributed by atoms with Crippen LogP contribution in [0.25, 0.3) is 0 Å². The predicted molar refractivity (Wildman–Crippen MR) is 123 cm³/mol. The molecule has 0 saturated carbocycles. The van der Waals surface area contributed by atoms with Gasteiger partial charge in [0.25, 0.3) is 11.5 Å². The van der Waals surface area contributed by atoms with Gasteiger partial charge < -0.3 is 9.88 Å². The van der Waals surface area contributed by atoms with Gasteiger partial charge in [-0.1, -0.05) is 12.1 Å². The third-order valence-corrected chi connectivity index (χ3v) is 6.94. The molecule has 1 aromatic carbocycles. The van der Waals surface area contributed by atoms with Gasteiger partial charge in [-0.15, -0.1) is 24.8 Å². The molecule has 0 radical (unpaired) electrons. The van der Waals surface area contributed by atoms with Crippen molar-refractivity contribution in [2.75, 3.05) is 26.7 Å². The van der Waals surface area contributed by atoms with E-state index in [1.54, 1.807) is 12.1 Å². The number of halogens is 3. The summed E-state index contributed by atoms with van der Waals surface area (Å²) in [5, 5.41) is 0. The normalized spacial score (nSPS) is 24.7. The molecule has 2 aromatic rings. The third-order valence-electron chi connectivity index (χ3n) is 6.94. The van der Waals surface area contributed by atoms with E-state index in [4.69, 9.17) is 0 Å². The number of benzene rings is 1. The molecule has 0 spiro atoms. The fourth-order valence-corrected chi connectivity index (χ4v) is 5.62. The highest BCUT2D eigenvalue weighted by molar-refractivity contribution is 5.94. The molecule has 2 saturated heterocycles. The highest BCUT2D eigenvalue weighted by atomic mass is 35.5. The van der Waals surface area contributed by atoms with Crippen LogP contribution in [0.15, 0.2) is 35.1 Å². The topological polar surface area (TPSA) is 56.4 Å². The zero-order valence-corrected chi connectivity index (χ0v) is 19.1. The van der Waals surface area contributed by atoms with Gasteiger partial charge in [0.15, 0.2) is 0 Å². The second-order valence-corrected chi connectivity index (χ2v) is 8.80. The first-order valence-corrected chi connectivity index (χ1v) is 10.5. The monoisotopic (exact) mass is 467 g/mol. The Hall–Kier alpha value is -1.89. The van der Waals surface area contributed by atoms with Gasteiger partial charge in [-0.25, -0.2) is 4.39 Å². The fourth-order valence-electron chi connectivity index (χ4n) is 5.62. The Balaban J connectivity index is 0.00000136. The number of amides is 1. The number of aryl methyl sites for hydroxylation is 2.